The normalized spacial score (nSPS) is 15.7. The Balaban J connectivity index is 1.91. The van der Waals surface area contributed by atoms with Gasteiger partial charge in [0.25, 0.3) is 10.0 Å². The highest BCUT2D eigenvalue weighted by Crippen LogP contribution is 2.33. The second-order valence-corrected chi connectivity index (χ2v) is 6.96. The van der Waals surface area contributed by atoms with Gasteiger partial charge in [-0.15, -0.1) is 0 Å². The van der Waals surface area contributed by atoms with Crippen LogP contribution in [0.3, 0.4) is 0 Å². The van der Waals surface area contributed by atoms with Gasteiger partial charge in [0.05, 0.1) is 6.20 Å². The van der Waals surface area contributed by atoms with Gasteiger partial charge >= 0.3 is 0 Å². The zero-order valence-electron chi connectivity index (χ0n) is 11.3. The molecule has 20 heavy (non-hydrogen) atoms. The molecule has 6 heteroatoms. The first-order valence-electron chi connectivity index (χ1n) is 6.65. The molecule has 1 aliphatic carbocycles. The Morgan fingerprint density at radius 2 is 2.00 bits per heavy atom. The van der Waals surface area contributed by atoms with Crippen LogP contribution in [0.5, 0.6) is 0 Å². The quantitative estimate of drug-likeness (QED) is 0.917. The van der Waals surface area contributed by atoms with E-state index in [1.54, 1.807) is 11.2 Å². The minimum Gasteiger partial charge on any atom is -0.332 e. The third kappa shape index (κ3) is 2.62. The van der Waals surface area contributed by atoms with Crippen molar-refractivity contribution in [2.75, 3.05) is 0 Å². The fourth-order valence-corrected chi connectivity index (χ4v) is 3.83. The van der Waals surface area contributed by atoms with E-state index in [0.717, 1.165) is 18.4 Å². The molecule has 1 fully saturated rings. The predicted molar refractivity (Wildman–Crippen MR) is 75.5 cm³/mol. The molecule has 1 N–H and O–H groups in total. The highest BCUT2D eigenvalue weighted by Gasteiger charge is 2.38. The molecule has 3 rings (SSSR count). The molecule has 0 unspecified atom stereocenters. The number of hydrogen-bond acceptors (Lipinski definition) is 3. The molecule has 0 atom stereocenters. The van der Waals surface area contributed by atoms with Crippen LogP contribution in [0.2, 0.25) is 0 Å². The van der Waals surface area contributed by atoms with Gasteiger partial charge in [-0.1, -0.05) is 30.3 Å². The molecule has 2 aromatic rings. The van der Waals surface area contributed by atoms with E-state index in [1.807, 2.05) is 30.3 Å². The van der Waals surface area contributed by atoms with Crippen molar-refractivity contribution in [2.45, 2.75) is 37.4 Å². The number of aromatic nitrogens is 2. The molecular formula is C14H17N3O2S. The first-order valence-corrected chi connectivity index (χ1v) is 8.09. The van der Waals surface area contributed by atoms with Gasteiger partial charge < -0.3 is 4.98 Å². The number of nitrogens with one attached hydrogen (secondary N) is 1. The Hall–Kier alpha value is -1.66. The Morgan fingerprint density at radius 3 is 2.55 bits per heavy atom. The number of rotatable bonds is 5. The summed E-state index contributed by atoms with van der Waals surface area (Å²) in [6.45, 7) is 2.16. The van der Waals surface area contributed by atoms with Crippen LogP contribution in [0.15, 0.2) is 41.6 Å². The number of aryl methyl sites for hydroxylation is 1. The zero-order valence-corrected chi connectivity index (χ0v) is 12.1. The summed E-state index contributed by atoms with van der Waals surface area (Å²) in [7, 11) is -3.50. The topological polar surface area (TPSA) is 66.1 Å². The molecule has 1 aliphatic rings. The third-order valence-corrected chi connectivity index (χ3v) is 5.21. The molecular weight excluding hydrogens is 274 g/mol. The summed E-state index contributed by atoms with van der Waals surface area (Å²) in [6.07, 6.45) is 3.25. The van der Waals surface area contributed by atoms with E-state index in [9.17, 15) is 8.42 Å². The number of benzene rings is 1. The molecule has 0 aliphatic heterocycles. The van der Waals surface area contributed by atoms with Crippen LogP contribution < -0.4 is 0 Å². The molecule has 0 amide bonds. The molecule has 1 aromatic carbocycles. The summed E-state index contributed by atoms with van der Waals surface area (Å²) in [4.78, 5) is 6.82. The van der Waals surface area contributed by atoms with Crippen LogP contribution in [-0.2, 0) is 16.6 Å². The second-order valence-electron chi connectivity index (χ2n) is 5.10. The SMILES string of the molecule is Cc1ncc(S(=O)(=O)N(Cc2ccccc2)C2CC2)[nH]1. The minimum atomic E-state index is -3.50. The van der Waals surface area contributed by atoms with Crippen molar-refractivity contribution in [3.05, 3.63) is 47.9 Å². The van der Waals surface area contributed by atoms with Crippen LogP contribution in [0.25, 0.3) is 0 Å². The van der Waals surface area contributed by atoms with Crippen molar-refractivity contribution in [1.29, 1.82) is 0 Å². The number of hydrogen-bond donors (Lipinski definition) is 1. The Bertz CT molecular complexity index is 690. The summed E-state index contributed by atoms with van der Waals surface area (Å²) in [5, 5.41) is 0.179. The highest BCUT2D eigenvalue weighted by atomic mass is 32.2. The van der Waals surface area contributed by atoms with Crippen molar-refractivity contribution in [3.8, 4) is 0 Å². The van der Waals surface area contributed by atoms with Crippen LogP contribution in [0, 0.1) is 6.92 Å². The lowest BCUT2D eigenvalue weighted by Gasteiger charge is -2.21. The van der Waals surface area contributed by atoms with Crippen molar-refractivity contribution in [1.82, 2.24) is 14.3 Å². The molecule has 0 bridgehead atoms. The first kappa shape index (κ1) is 13.3. The maximum absolute atomic E-state index is 12.7. The smallest absolute Gasteiger partial charge is 0.260 e. The predicted octanol–water partition coefficient (Wildman–Crippen LogP) is 2.07. The molecule has 1 saturated carbocycles. The summed E-state index contributed by atoms with van der Waals surface area (Å²) in [5.41, 5.74) is 0.999. The lowest BCUT2D eigenvalue weighted by Crippen LogP contribution is -2.32. The molecule has 1 aromatic heterocycles. The van der Waals surface area contributed by atoms with E-state index in [0.29, 0.717) is 12.4 Å². The molecule has 5 nitrogen and oxygen atoms in total. The van der Waals surface area contributed by atoms with Gasteiger partial charge in [-0.05, 0) is 25.3 Å². The van der Waals surface area contributed by atoms with Gasteiger partial charge in [-0.3, -0.25) is 0 Å². The largest absolute Gasteiger partial charge is 0.332 e. The van der Waals surface area contributed by atoms with E-state index in [4.69, 9.17) is 0 Å². The van der Waals surface area contributed by atoms with Crippen LogP contribution in [0.4, 0.5) is 0 Å². The lowest BCUT2D eigenvalue weighted by atomic mass is 10.2. The fraction of sp³-hybridized carbons (Fsp3) is 0.357. The van der Waals surface area contributed by atoms with Crippen LogP contribution in [0.1, 0.15) is 24.2 Å². The van der Waals surface area contributed by atoms with E-state index >= 15 is 0 Å². The van der Waals surface area contributed by atoms with Gasteiger partial charge in [-0.2, -0.15) is 4.31 Å². The van der Waals surface area contributed by atoms with E-state index in [-0.39, 0.29) is 11.1 Å². The van der Waals surface area contributed by atoms with Crippen molar-refractivity contribution >= 4 is 10.0 Å². The summed E-state index contributed by atoms with van der Waals surface area (Å²) in [6, 6.07) is 9.79. The van der Waals surface area contributed by atoms with E-state index < -0.39 is 10.0 Å². The van der Waals surface area contributed by atoms with E-state index in [1.165, 1.54) is 6.20 Å². The fourth-order valence-electron chi connectivity index (χ4n) is 2.19. The molecule has 0 radical (unpaired) electrons. The van der Waals surface area contributed by atoms with Crippen molar-refractivity contribution in [3.63, 3.8) is 0 Å². The second kappa shape index (κ2) is 5.03. The van der Waals surface area contributed by atoms with Crippen molar-refractivity contribution < 1.29 is 8.42 Å². The number of sulfonamides is 1. The maximum Gasteiger partial charge on any atom is 0.260 e. The van der Waals surface area contributed by atoms with Gasteiger partial charge in [-0.25, -0.2) is 13.4 Å². The number of nitrogens with zero attached hydrogens (tertiary/aromatic N) is 2. The van der Waals surface area contributed by atoms with Crippen LogP contribution >= 0.6 is 0 Å². The van der Waals surface area contributed by atoms with Gasteiger partial charge in [0, 0.05) is 12.6 Å². The molecule has 106 valence electrons. The average Bonchev–Trinajstić information content (AvgIpc) is 3.17. The zero-order chi connectivity index (χ0) is 14.2. The van der Waals surface area contributed by atoms with Gasteiger partial charge in [0.15, 0.2) is 5.03 Å². The summed E-state index contributed by atoms with van der Waals surface area (Å²) in [5.74, 6) is 0.610. The third-order valence-electron chi connectivity index (χ3n) is 3.40. The first-order chi connectivity index (χ1) is 9.57. The van der Waals surface area contributed by atoms with Gasteiger partial charge in [0.2, 0.25) is 0 Å². The number of aromatic amines is 1. The molecule has 1 heterocycles. The summed E-state index contributed by atoms with van der Waals surface area (Å²) < 4.78 is 27.0. The number of H-pyrrole nitrogens is 1. The maximum atomic E-state index is 12.7. The molecule has 0 spiro atoms. The Morgan fingerprint density at radius 1 is 1.30 bits per heavy atom. The monoisotopic (exact) mass is 291 g/mol. The number of imidazole rings is 1. The highest BCUT2D eigenvalue weighted by molar-refractivity contribution is 7.89. The molecule has 0 saturated heterocycles. The average molecular weight is 291 g/mol. The van der Waals surface area contributed by atoms with Crippen molar-refractivity contribution in [2.24, 2.45) is 0 Å². The van der Waals surface area contributed by atoms with Gasteiger partial charge in [0.1, 0.15) is 5.82 Å². The standard InChI is InChI=1S/C14H17N3O2S/c1-11-15-9-14(16-11)20(18,19)17(13-7-8-13)10-12-5-3-2-4-6-12/h2-6,9,13H,7-8,10H2,1H3,(H,15,16). The summed E-state index contributed by atoms with van der Waals surface area (Å²) >= 11 is 0. The Labute approximate surface area is 118 Å². The Kier molecular flexibility index (Phi) is 3.35. The van der Waals surface area contributed by atoms with E-state index in [2.05, 4.69) is 9.97 Å². The minimum absolute atomic E-state index is 0.115. The lowest BCUT2D eigenvalue weighted by molar-refractivity contribution is 0.397. The van der Waals surface area contributed by atoms with Crippen LogP contribution in [-0.4, -0.2) is 28.7 Å².